The molecule has 0 aliphatic carbocycles. The molecule has 1 amide bonds. The van der Waals surface area contributed by atoms with Crippen LogP contribution in [0, 0.1) is 13.8 Å². The van der Waals surface area contributed by atoms with Gasteiger partial charge < -0.3 is 19.7 Å². The molecule has 158 valence electrons. The van der Waals surface area contributed by atoms with E-state index in [4.69, 9.17) is 4.42 Å². The summed E-state index contributed by atoms with van der Waals surface area (Å²) in [7, 11) is 0. The van der Waals surface area contributed by atoms with Crippen LogP contribution in [0.5, 0.6) is 0 Å². The highest BCUT2D eigenvalue weighted by Crippen LogP contribution is 2.27. The van der Waals surface area contributed by atoms with Gasteiger partial charge >= 0.3 is 12.1 Å². The molecule has 2 N–H and O–H groups in total. The third-order valence-electron chi connectivity index (χ3n) is 5.26. The molecule has 0 spiro atoms. The summed E-state index contributed by atoms with van der Waals surface area (Å²) in [4.78, 5) is 15.1. The largest absolute Gasteiger partial charge is 0.465 e. The molecule has 30 heavy (non-hydrogen) atoms. The van der Waals surface area contributed by atoms with Crippen molar-refractivity contribution in [2.45, 2.75) is 33.4 Å². The van der Waals surface area contributed by atoms with E-state index < -0.39 is 6.09 Å². The summed E-state index contributed by atoms with van der Waals surface area (Å²) in [5.41, 5.74) is 4.82. The van der Waals surface area contributed by atoms with E-state index in [1.54, 1.807) is 6.20 Å². The van der Waals surface area contributed by atoms with E-state index in [1.807, 2.05) is 19.9 Å². The summed E-state index contributed by atoms with van der Waals surface area (Å²) in [6, 6.07) is 4.46. The number of piperazine rings is 1. The van der Waals surface area contributed by atoms with Crippen molar-refractivity contribution < 1.29 is 14.3 Å². The number of nitrogens with one attached hydrogen (secondary N) is 1. The van der Waals surface area contributed by atoms with Crippen molar-refractivity contribution in [3.8, 4) is 11.6 Å². The molecule has 1 saturated heterocycles. The first kappa shape index (κ1) is 20.2. The Morgan fingerprint density at radius 3 is 2.87 bits per heavy atom. The zero-order valence-electron chi connectivity index (χ0n) is 17.0. The Labute approximate surface area is 177 Å². The van der Waals surface area contributed by atoms with Crippen LogP contribution in [0.25, 0.3) is 11.6 Å². The normalized spacial score (nSPS) is 17.3. The Bertz CT molecular complexity index is 1040. The Morgan fingerprint density at radius 1 is 1.33 bits per heavy atom. The maximum absolute atomic E-state index is 11.3. The highest BCUT2D eigenvalue weighted by atomic mass is 32.1. The standard InChI is InChI=1S/C19H23N7O3S/c1-11-6-14(10-25-4-5-26(19(27)28)12(2)9-25)13(3)15(7-11)21-18-23-22-17(29-18)16-8-20-30-24-16/h6-8,12H,4-5,9-10H2,1-3H3,(H,21,23)(H,27,28)/t12-/m0/s1. The summed E-state index contributed by atoms with van der Waals surface area (Å²) in [6.07, 6.45) is 0.732. The van der Waals surface area contributed by atoms with E-state index in [-0.39, 0.29) is 6.04 Å². The second kappa shape index (κ2) is 8.36. The Hall–Kier alpha value is -3.05. The monoisotopic (exact) mass is 429 g/mol. The number of rotatable bonds is 5. The first-order valence-corrected chi connectivity index (χ1v) is 10.3. The van der Waals surface area contributed by atoms with Crippen molar-refractivity contribution in [2.75, 3.05) is 25.0 Å². The fourth-order valence-electron chi connectivity index (χ4n) is 3.68. The van der Waals surface area contributed by atoms with Gasteiger partial charge in [-0.2, -0.15) is 8.75 Å². The summed E-state index contributed by atoms with van der Waals surface area (Å²) < 4.78 is 13.7. The topological polar surface area (TPSA) is 121 Å². The van der Waals surface area contributed by atoms with Gasteiger partial charge in [0.15, 0.2) is 5.69 Å². The van der Waals surface area contributed by atoms with Crippen LogP contribution in [-0.2, 0) is 6.54 Å². The number of amides is 1. The van der Waals surface area contributed by atoms with Crippen molar-refractivity contribution >= 4 is 29.5 Å². The van der Waals surface area contributed by atoms with Crippen LogP contribution in [0.3, 0.4) is 0 Å². The molecule has 10 nitrogen and oxygen atoms in total. The van der Waals surface area contributed by atoms with Gasteiger partial charge in [0.05, 0.1) is 17.9 Å². The van der Waals surface area contributed by atoms with E-state index in [0.29, 0.717) is 37.2 Å². The van der Waals surface area contributed by atoms with Gasteiger partial charge in [0.2, 0.25) is 0 Å². The molecular formula is C19H23N7O3S. The van der Waals surface area contributed by atoms with Crippen molar-refractivity contribution in [3.05, 3.63) is 35.0 Å². The van der Waals surface area contributed by atoms with Gasteiger partial charge in [-0.05, 0) is 43.5 Å². The fraction of sp³-hybridized carbons (Fsp3) is 0.421. The quantitative estimate of drug-likeness (QED) is 0.630. The maximum atomic E-state index is 11.3. The van der Waals surface area contributed by atoms with E-state index in [2.05, 4.69) is 42.2 Å². The Morgan fingerprint density at radius 2 is 2.17 bits per heavy atom. The van der Waals surface area contributed by atoms with Gasteiger partial charge in [0.25, 0.3) is 5.89 Å². The number of nitrogens with zero attached hydrogens (tertiary/aromatic N) is 6. The highest BCUT2D eigenvalue weighted by molar-refractivity contribution is 6.99. The molecule has 0 bridgehead atoms. The Kier molecular flexibility index (Phi) is 5.64. The van der Waals surface area contributed by atoms with Crippen molar-refractivity contribution in [1.82, 2.24) is 28.7 Å². The molecule has 11 heteroatoms. The lowest BCUT2D eigenvalue weighted by Crippen LogP contribution is -2.53. The number of benzene rings is 1. The van der Waals surface area contributed by atoms with Gasteiger partial charge in [-0.25, -0.2) is 4.79 Å². The minimum absolute atomic E-state index is 0.0315. The first-order chi connectivity index (χ1) is 14.4. The fourth-order valence-corrected chi connectivity index (χ4v) is 4.09. The first-order valence-electron chi connectivity index (χ1n) is 9.61. The van der Waals surface area contributed by atoms with Crippen LogP contribution >= 0.6 is 11.7 Å². The number of hydrogen-bond donors (Lipinski definition) is 2. The van der Waals surface area contributed by atoms with Gasteiger partial charge in [-0.1, -0.05) is 11.2 Å². The molecule has 0 unspecified atom stereocenters. The van der Waals surface area contributed by atoms with Gasteiger partial charge in [-0.15, -0.1) is 5.10 Å². The SMILES string of the molecule is Cc1cc(CN2CCN(C(=O)O)[C@@H](C)C2)c(C)c(Nc2nnc(-c3cnsn3)o2)c1. The zero-order valence-corrected chi connectivity index (χ0v) is 17.8. The number of aromatic nitrogens is 4. The van der Waals surface area contributed by atoms with Crippen LogP contribution in [0.4, 0.5) is 16.5 Å². The lowest BCUT2D eigenvalue weighted by atomic mass is 10.0. The van der Waals surface area contributed by atoms with E-state index in [9.17, 15) is 9.90 Å². The number of aryl methyl sites for hydroxylation is 1. The molecule has 1 aliphatic heterocycles. The molecular weight excluding hydrogens is 406 g/mol. The third-order valence-corrected chi connectivity index (χ3v) is 5.74. The smallest absolute Gasteiger partial charge is 0.407 e. The predicted molar refractivity (Wildman–Crippen MR) is 112 cm³/mol. The molecule has 0 radical (unpaired) electrons. The summed E-state index contributed by atoms with van der Waals surface area (Å²) >= 11 is 1.08. The van der Waals surface area contributed by atoms with Crippen LogP contribution in [-0.4, -0.2) is 65.6 Å². The summed E-state index contributed by atoms with van der Waals surface area (Å²) in [5, 5.41) is 20.6. The lowest BCUT2D eigenvalue weighted by molar-refractivity contribution is 0.0710. The van der Waals surface area contributed by atoms with E-state index in [0.717, 1.165) is 35.1 Å². The maximum Gasteiger partial charge on any atom is 0.407 e. The molecule has 1 aliphatic rings. The average Bonchev–Trinajstić information content (AvgIpc) is 3.37. The summed E-state index contributed by atoms with van der Waals surface area (Å²) in [6.45, 7) is 8.72. The number of anilines is 2. The third kappa shape index (κ3) is 4.26. The molecule has 4 rings (SSSR count). The predicted octanol–water partition coefficient (Wildman–Crippen LogP) is 3.13. The van der Waals surface area contributed by atoms with Crippen molar-refractivity contribution in [2.24, 2.45) is 0 Å². The highest BCUT2D eigenvalue weighted by Gasteiger charge is 2.27. The molecule has 1 fully saturated rings. The van der Waals surface area contributed by atoms with Crippen molar-refractivity contribution in [1.29, 1.82) is 0 Å². The molecule has 1 atom stereocenters. The second-order valence-corrected chi connectivity index (χ2v) is 8.04. The molecule has 0 saturated carbocycles. The van der Waals surface area contributed by atoms with Gasteiger partial charge in [0, 0.05) is 37.9 Å². The van der Waals surface area contributed by atoms with E-state index >= 15 is 0 Å². The van der Waals surface area contributed by atoms with Crippen LogP contribution in [0.2, 0.25) is 0 Å². The van der Waals surface area contributed by atoms with Crippen LogP contribution in [0.1, 0.15) is 23.6 Å². The minimum atomic E-state index is -0.854. The second-order valence-electron chi connectivity index (χ2n) is 7.49. The molecule has 3 aromatic rings. The molecule has 3 heterocycles. The number of carbonyl (C=O) groups is 1. The molecule has 2 aromatic heterocycles. The molecule has 1 aromatic carbocycles. The lowest BCUT2D eigenvalue weighted by Gasteiger charge is -2.38. The van der Waals surface area contributed by atoms with Crippen LogP contribution in [0.15, 0.2) is 22.7 Å². The average molecular weight is 430 g/mol. The number of carboxylic acid groups (broad SMARTS) is 1. The van der Waals surface area contributed by atoms with E-state index in [1.165, 1.54) is 10.5 Å². The summed E-state index contributed by atoms with van der Waals surface area (Å²) in [5.74, 6) is 0.321. The number of hydrogen-bond acceptors (Lipinski definition) is 9. The van der Waals surface area contributed by atoms with Gasteiger partial charge in [0.1, 0.15) is 0 Å². The Balaban J connectivity index is 1.49. The van der Waals surface area contributed by atoms with Gasteiger partial charge in [-0.3, -0.25) is 4.90 Å². The van der Waals surface area contributed by atoms with Crippen molar-refractivity contribution in [3.63, 3.8) is 0 Å². The minimum Gasteiger partial charge on any atom is -0.465 e. The van der Waals surface area contributed by atoms with Crippen LogP contribution < -0.4 is 5.32 Å². The zero-order chi connectivity index (χ0) is 21.3.